The number of benzene rings is 2. The van der Waals surface area contributed by atoms with Gasteiger partial charge in [-0.2, -0.15) is 0 Å². The van der Waals surface area contributed by atoms with E-state index in [0.717, 1.165) is 6.26 Å². The summed E-state index contributed by atoms with van der Waals surface area (Å²) in [7, 11) is -3.15. The van der Waals surface area contributed by atoms with E-state index in [4.69, 9.17) is 5.11 Å². The summed E-state index contributed by atoms with van der Waals surface area (Å²) in [5.74, 6) is -1.11. The number of hydrogen-bond acceptors (Lipinski definition) is 3. The fraction of sp³-hybridized carbons (Fsp3) is 0.154. The first-order chi connectivity index (χ1) is 8.38. The highest BCUT2D eigenvalue weighted by Gasteiger charge is 2.13. The number of carboxylic acid groups (broad SMARTS) is 1. The number of sulfone groups is 1. The molecule has 0 aliphatic rings. The molecule has 0 amide bonds. The Morgan fingerprint density at radius 2 is 1.72 bits per heavy atom. The topological polar surface area (TPSA) is 71.4 Å². The van der Waals surface area contributed by atoms with Crippen molar-refractivity contribution in [2.45, 2.75) is 5.75 Å². The van der Waals surface area contributed by atoms with Crippen LogP contribution in [-0.2, 0) is 15.6 Å². The lowest BCUT2D eigenvalue weighted by atomic mass is 10.0. The minimum absolute atomic E-state index is 0.0899. The zero-order valence-electron chi connectivity index (χ0n) is 9.75. The van der Waals surface area contributed by atoms with Gasteiger partial charge in [0.2, 0.25) is 0 Å². The molecule has 2 aromatic carbocycles. The Morgan fingerprint density at radius 1 is 1.11 bits per heavy atom. The molecular formula is C13H12O4S. The van der Waals surface area contributed by atoms with Crippen LogP contribution in [-0.4, -0.2) is 25.7 Å². The molecule has 18 heavy (non-hydrogen) atoms. The number of fused-ring (bicyclic) bond motifs is 1. The maximum absolute atomic E-state index is 11.3. The number of aromatic carboxylic acids is 1. The van der Waals surface area contributed by atoms with Crippen molar-refractivity contribution in [2.75, 3.05) is 6.26 Å². The molecule has 2 rings (SSSR count). The zero-order chi connectivity index (χ0) is 13.3. The van der Waals surface area contributed by atoms with Crippen LogP contribution in [0.15, 0.2) is 36.4 Å². The van der Waals surface area contributed by atoms with Crippen LogP contribution < -0.4 is 0 Å². The quantitative estimate of drug-likeness (QED) is 0.921. The van der Waals surface area contributed by atoms with Crippen molar-refractivity contribution >= 4 is 26.6 Å². The molecule has 0 unspecified atom stereocenters. The van der Waals surface area contributed by atoms with Gasteiger partial charge in [0.1, 0.15) is 0 Å². The summed E-state index contributed by atoms with van der Waals surface area (Å²) in [5.41, 5.74) is 0.806. The van der Waals surface area contributed by atoms with Crippen LogP contribution >= 0.6 is 0 Å². The first-order valence-electron chi connectivity index (χ1n) is 5.30. The van der Waals surface area contributed by atoms with Crippen molar-refractivity contribution in [1.82, 2.24) is 0 Å². The smallest absolute Gasteiger partial charge is 0.336 e. The maximum atomic E-state index is 11.3. The Kier molecular flexibility index (Phi) is 3.09. The van der Waals surface area contributed by atoms with Crippen LogP contribution in [0.2, 0.25) is 0 Å². The van der Waals surface area contributed by atoms with Crippen molar-refractivity contribution in [1.29, 1.82) is 0 Å². The van der Waals surface area contributed by atoms with Gasteiger partial charge in [0.15, 0.2) is 9.84 Å². The van der Waals surface area contributed by atoms with E-state index < -0.39 is 15.8 Å². The minimum atomic E-state index is -3.15. The Labute approximate surface area is 105 Å². The standard InChI is InChI=1S/C13H12O4S/c1-18(16,17)8-9-6-7-12(13(14)15)11-5-3-2-4-10(9)11/h2-7H,8H2,1H3,(H,14,15). The summed E-state index contributed by atoms with van der Waals surface area (Å²) >= 11 is 0. The molecule has 0 bridgehead atoms. The predicted molar refractivity (Wildman–Crippen MR) is 69.5 cm³/mol. The van der Waals surface area contributed by atoms with Gasteiger partial charge in [-0.05, 0) is 22.4 Å². The molecule has 0 aliphatic heterocycles. The number of carbonyl (C=O) groups is 1. The summed E-state index contributed by atoms with van der Waals surface area (Å²) in [6, 6.07) is 9.93. The Balaban J connectivity index is 2.72. The third-order valence-electron chi connectivity index (χ3n) is 2.66. The lowest BCUT2D eigenvalue weighted by molar-refractivity contribution is 0.0699. The van der Waals surface area contributed by atoms with E-state index in [1.54, 1.807) is 30.3 Å². The third kappa shape index (κ3) is 2.51. The molecular weight excluding hydrogens is 252 g/mol. The summed E-state index contributed by atoms with van der Waals surface area (Å²) in [6.45, 7) is 0. The average Bonchev–Trinajstić information content (AvgIpc) is 2.27. The maximum Gasteiger partial charge on any atom is 0.336 e. The average molecular weight is 264 g/mol. The molecule has 2 aromatic rings. The second kappa shape index (κ2) is 4.42. The number of hydrogen-bond donors (Lipinski definition) is 1. The van der Waals surface area contributed by atoms with Crippen molar-refractivity contribution < 1.29 is 18.3 Å². The fourth-order valence-electron chi connectivity index (χ4n) is 1.96. The molecule has 94 valence electrons. The van der Waals surface area contributed by atoms with Crippen LogP contribution in [0.3, 0.4) is 0 Å². The molecule has 4 nitrogen and oxygen atoms in total. The van der Waals surface area contributed by atoms with Crippen molar-refractivity contribution in [3.8, 4) is 0 Å². The fourth-order valence-corrected chi connectivity index (χ4v) is 2.77. The van der Waals surface area contributed by atoms with Gasteiger partial charge in [-0.3, -0.25) is 0 Å². The number of rotatable bonds is 3. The molecule has 1 N–H and O–H groups in total. The van der Waals surface area contributed by atoms with Gasteiger partial charge in [0, 0.05) is 6.26 Å². The Hall–Kier alpha value is -1.88. The highest BCUT2D eigenvalue weighted by atomic mass is 32.2. The summed E-state index contributed by atoms with van der Waals surface area (Å²) in [4.78, 5) is 11.1. The largest absolute Gasteiger partial charge is 0.478 e. The lowest BCUT2D eigenvalue weighted by Gasteiger charge is -2.08. The van der Waals surface area contributed by atoms with Crippen LogP contribution in [0.5, 0.6) is 0 Å². The monoisotopic (exact) mass is 264 g/mol. The van der Waals surface area contributed by atoms with Crippen molar-refractivity contribution in [2.24, 2.45) is 0 Å². The molecule has 0 fully saturated rings. The van der Waals surface area contributed by atoms with Crippen LogP contribution in [0.4, 0.5) is 0 Å². The molecule has 0 aliphatic carbocycles. The highest BCUT2D eigenvalue weighted by Crippen LogP contribution is 2.24. The van der Waals surface area contributed by atoms with Crippen LogP contribution in [0.25, 0.3) is 10.8 Å². The molecule has 0 spiro atoms. The van der Waals surface area contributed by atoms with Crippen LogP contribution in [0, 0.1) is 0 Å². The normalized spacial score (nSPS) is 11.6. The first kappa shape index (κ1) is 12.6. The Morgan fingerprint density at radius 3 is 2.28 bits per heavy atom. The van der Waals surface area contributed by atoms with Gasteiger partial charge in [0.25, 0.3) is 0 Å². The molecule has 0 aromatic heterocycles. The van der Waals surface area contributed by atoms with Crippen LogP contribution in [0.1, 0.15) is 15.9 Å². The van der Waals surface area contributed by atoms with Crippen molar-refractivity contribution in [3.05, 3.63) is 47.5 Å². The number of carboxylic acids is 1. The van der Waals surface area contributed by atoms with Gasteiger partial charge in [-0.25, -0.2) is 13.2 Å². The molecule has 0 saturated heterocycles. The van der Waals surface area contributed by atoms with E-state index in [2.05, 4.69) is 0 Å². The van der Waals surface area contributed by atoms with Crippen molar-refractivity contribution in [3.63, 3.8) is 0 Å². The van der Waals surface area contributed by atoms with Gasteiger partial charge < -0.3 is 5.11 Å². The van der Waals surface area contributed by atoms with Gasteiger partial charge in [-0.15, -0.1) is 0 Å². The molecule has 0 atom stereocenters. The third-order valence-corrected chi connectivity index (χ3v) is 3.50. The van der Waals surface area contributed by atoms with Gasteiger partial charge >= 0.3 is 5.97 Å². The van der Waals surface area contributed by atoms with Gasteiger partial charge in [-0.1, -0.05) is 30.3 Å². The van der Waals surface area contributed by atoms with E-state index in [0.29, 0.717) is 16.3 Å². The summed E-state index contributed by atoms with van der Waals surface area (Å²) in [6.07, 6.45) is 1.16. The second-order valence-corrected chi connectivity index (χ2v) is 6.33. The second-order valence-electron chi connectivity index (χ2n) is 4.19. The zero-order valence-corrected chi connectivity index (χ0v) is 10.6. The van der Waals surface area contributed by atoms with E-state index in [1.165, 1.54) is 6.07 Å². The molecule has 0 saturated carbocycles. The van der Waals surface area contributed by atoms with E-state index >= 15 is 0 Å². The van der Waals surface area contributed by atoms with E-state index in [9.17, 15) is 13.2 Å². The summed E-state index contributed by atoms with van der Waals surface area (Å²) < 4.78 is 22.7. The SMILES string of the molecule is CS(=O)(=O)Cc1ccc(C(=O)O)c2ccccc12. The molecule has 0 heterocycles. The first-order valence-corrected chi connectivity index (χ1v) is 7.36. The van der Waals surface area contributed by atoms with E-state index in [-0.39, 0.29) is 11.3 Å². The van der Waals surface area contributed by atoms with Gasteiger partial charge in [0.05, 0.1) is 11.3 Å². The molecule has 5 heteroatoms. The highest BCUT2D eigenvalue weighted by molar-refractivity contribution is 7.89. The predicted octanol–water partition coefficient (Wildman–Crippen LogP) is 2.08. The Bertz CT molecular complexity index is 717. The lowest BCUT2D eigenvalue weighted by Crippen LogP contribution is -2.04. The molecule has 0 radical (unpaired) electrons. The van der Waals surface area contributed by atoms with E-state index in [1.807, 2.05) is 0 Å². The minimum Gasteiger partial charge on any atom is -0.478 e. The summed E-state index contributed by atoms with van der Waals surface area (Å²) in [5, 5.41) is 10.3.